The minimum atomic E-state index is -0.294. The predicted molar refractivity (Wildman–Crippen MR) is 121 cm³/mol. The number of halogens is 1. The molecular weight excluding hydrogens is 429 g/mol. The average Bonchev–Trinajstić information content (AvgIpc) is 3.49. The lowest BCUT2D eigenvalue weighted by molar-refractivity contribution is 0.102. The highest BCUT2D eigenvalue weighted by Gasteiger charge is 2.31. The van der Waals surface area contributed by atoms with E-state index in [4.69, 9.17) is 4.74 Å². The van der Waals surface area contributed by atoms with E-state index in [1.165, 1.54) is 23.5 Å². The molecule has 0 bridgehead atoms. The van der Waals surface area contributed by atoms with Gasteiger partial charge >= 0.3 is 0 Å². The number of carbonyl (C=O) groups is 1. The fraction of sp³-hybridized carbons (Fsp3) is 0.174. The van der Waals surface area contributed by atoms with Gasteiger partial charge in [-0.3, -0.25) is 10.1 Å². The van der Waals surface area contributed by atoms with Crippen molar-refractivity contribution in [2.75, 3.05) is 17.7 Å². The number of ether oxygens (including phenoxy) is 1. The van der Waals surface area contributed by atoms with Gasteiger partial charge < -0.3 is 10.1 Å². The number of amides is 1. The molecule has 9 heteroatoms. The minimum Gasteiger partial charge on any atom is -0.497 e. The molecule has 2 aromatic carbocycles. The van der Waals surface area contributed by atoms with Gasteiger partial charge in [-0.1, -0.05) is 30.3 Å². The molecule has 2 N–H and O–H groups in total. The van der Waals surface area contributed by atoms with Gasteiger partial charge in [0.05, 0.1) is 24.1 Å². The van der Waals surface area contributed by atoms with Gasteiger partial charge in [-0.15, -0.1) is 16.4 Å². The Labute approximate surface area is 187 Å². The number of methoxy groups -OCH3 is 1. The Kier molecular flexibility index (Phi) is 5.32. The van der Waals surface area contributed by atoms with Crippen molar-refractivity contribution in [3.63, 3.8) is 0 Å². The van der Waals surface area contributed by atoms with Crippen LogP contribution in [0.15, 0.2) is 66.0 Å². The lowest BCUT2D eigenvalue weighted by Gasteiger charge is -2.31. The Bertz CT molecular complexity index is 1220. The third-order valence-electron chi connectivity index (χ3n) is 5.43. The number of aromatic nitrogens is 3. The Morgan fingerprint density at radius 3 is 2.59 bits per heavy atom. The van der Waals surface area contributed by atoms with Crippen LogP contribution in [0.1, 0.15) is 39.3 Å². The fourth-order valence-corrected chi connectivity index (χ4v) is 4.44. The van der Waals surface area contributed by atoms with Crippen molar-refractivity contribution < 1.29 is 13.9 Å². The summed E-state index contributed by atoms with van der Waals surface area (Å²) in [5, 5.41) is 12.6. The number of benzene rings is 2. The first-order valence-electron chi connectivity index (χ1n) is 10.1. The molecule has 1 aliphatic rings. The standard InChI is InChI=1S/C23H20FN5O2S/c1-31-17-10-6-14(7-11-17)18-13-19(15-4-8-16(24)9-5-15)29-23(25-18)27-22(28-29)26-21(30)20-3-2-12-32-20/h2-12,18-19H,13H2,1H3,(H2,25,26,27,28,30)/t18-,19-/m0/s1. The summed E-state index contributed by atoms with van der Waals surface area (Å²) in [4.78, 5) is 17.6. The van der Waals surface area contributed by atoms with Crippen molar-refractivity contribution in [1.29, 1.82) is 0 Å². The van der Waals surface area contributed by atoms with E-state index < -0.39 is 0 Å². The Morgan fingerprint density at radius 2 is 1.91 bits per heavy atom. The van der Waals surface area contributed by atoms with Crippen LogP contribution in [0, 0.1) is 5.82 Å². The monoisotopic (exact) mass is 449 g/mol. The molecule has 2 atom stereocenters. The minimum absolute atomic E-state index is 0.0477. The molecule has 162 valence electrons. The van der Waals surface area contributed by atoms with Crippen molar-refractivity contribution in [3.8, 4) is 5.75 Å². The third-order valence-corrected chi connectivity index (χ3v) is 6.30. The molecule has 7 nitrogen and oxygen atoms in total. The summed E-state index contributed by atoms with van der Waals surface area (Å²) in [6, 6.07) is 17.6. The molecule has 2 aromatic heterocycles. The number of anilines is 2. The number of fused-ring (bicyclic) bond motifs is 1. The first-order valence-corrected chi connectivity index (χ1v) is 11.0. The molecule has 0 aliphatic carbocycles. The van der Waals surface area contributed by atoms with E-state index in [0.29, 0.717) is 17.2 Å². The Hall–Kier alpha value is -3.72. The van der Waals surface area contributed by atoms with Crippen LogP contribution in [-0.4, -0.2) is 27.8 Å². The third kappa shape index (κ3) is 3.94. The number of thiophene rings is 1. The molecule has 5 rings (SSSR count). The summed E-state index contributed by atoms with van der Waals surface area (Å²) in [7, 11) is 1.63. The molecule has 0 fully saturated rings. The highest BCUT2D eigenvalue weighted by atomic mass is 32.1. The van der Waals surface area contributed by atoms with E-state index in [2.05, 4.69) is 20.7 Å². The van der Waals surface area contributed by atoms with Gasteiger partial charge in [0.25, 0.3) is 11.9 Å². The molecular formula is C23H20FN5O2S. The van der Waals surface area contributed by atoms with E-state index in [1.54, 1.807) is 30.0 Å². The van der Waals surface area contributed by atoms with Crippen LogP contribution in [0.5, 0.6) is 5.75 Å². The van der Waals surface area contributed by atoms with Crippen LogP contribution in [0.25, 0.3) is 0 Å². The molecule has 3 heterocycles. The van der Waals surface area contributed by atoms with Gasteiger partial charge in [0.15, 0.2) is 0 Å². The van der Waals surface area contributed by atoms with Gasteiger partial charge in [-0.25, -0.2) is 9.07 Å². The van der Waals surface area contributed by atoms with Gasteiger partial charge in [0, 0.05) is 0 Å². The maximum atomic E-state index is 13.5. The zero-order valence-corrected chi connectivity index (χ0v) is 18.0. The molecule has 1 amide bonds. The summed E-state index contributed by atoms with van der Waals surface area (Å²) in [6.07, 6.45) is 0.673. The van der Waals surface area contributed by atoms with Crippen LogP contribution < -0.4 is 15.4 Å². The number of nitrogens with one attached hydrogen (secondary N) is 2. The maximum absolute atomic E-state index is 13.5. The number of nitrogens with zero attached hydrogens (tertiary/aromatic N) is 3. The summed E-state index contributed by atoms with van der Waals surface area (Å²) < 4.78 is 20.6. The molecule has 0 saturated heterocycles. The number of hydrogen-bond donors (Lipinski definition) is 2. The fourth-order valence-electron chi connectivity index (χ4n) is 3.82. The molecule has 1 aliphatic heterocycles. The first-order chi connectivity index (χ1) is 15.6. The largest absolute Gasteiger partial charge is 0.497 e. The van der Waals surface area contributed by atoms with Gasteiger partial charge in [-0.05, 0) is 53.3 Å². The van der Waals surface area contributed by atoms with E-state index >= 15 is 0 Å². The lowest BCUT2D eigenvalue weighted by atomic mass is 9.93. The SMILES string of the molecule is COc1ccc([C@@H]2C[C@@H](c3ccc(F)cc3)n3nc(NC(=O)c4cccs4)nc3N2)cc1. The number of rotatable bonds is 5. The van der Waals surface area contributed by atoms with Crippen molar-refractivity contribution >= 4 is 29.1 Å². The van der Waals surface area contributed by atoms with Crippen molar-refractivity contribution in [2.45, 2.75) is 18.5 Å². The van der Waals surface area contributed by atoms with E-state index in [9.17, 15) is 9.18 Å². The Morgan fingerprint density at radius 1 is 1.16 bits per heavy atom. The van der Waals surface area contributed by atoms with Gasteiger partial charge in [0.2, 0.25) is 5.95 Å². The number of carbonyl (C=O) groups excluding carboxylic acids is 1. The molecule has 0 unspecified atom stereocenters. The summed E-state index contributed by atoms with van der Waals surface area (Å²) >= 11 is 1.35. The van der Waals surface area contributed by atoms with Crippen LogP contribution in [-0.2, 0) is 0 Å². The lowest BCUT2D eigenvalue weighted by Crippen LogP contribution is -2.28. The highest BCUT2D eigenvalue weighted by molar-refractivity contribution is 7.12. The summed E-state index contributed by atoms with van der Waals surface area (Å²) in [5.41, 5.74) is 1.98. The normalized spacial score (nSPS) is 17.3. The second-order valence-electron chi connectivity index (χ2n) is 7.41. The topological polar surface area (TPSA) is 81.1 Å². The predicted octanol–water partition coefficient (Wildman–Crippen LogP) is 4.89. The second kappa shape index (κ2) is 8.43. The average molecular weight is 450 g/mol. The maximum Gasteiger partial charge on any atom is 0.268 e. The molecule has 0 saturated carbocycles. The van der Waals surface area contributed by atoms with Crippen molar-refractivity contribution in [3.05, 3.63) is 87.9 Å². The first kappa shape index (κ1) is 20.2. The van der Waals surface area contributed by atoms with Crippen molar-refractivity contribution in [2.24, 2.45) is 0 Å². The number of hydrogen-bond acceptors (Lipinski definition) is 6. The van der Waals surface area contributed by atoms with Gasteiger partial charge in [-0.2, -0.15) is 4.98 Å². The van der Waals surface area contributed by atoms with Crippen LogP contribution in [0.3, 0.4) is 0 Å². The molecule has 0 spiro atoms. The molecule has 0 radical (unpaired) electrons. The summed E-state index contributed by atoms with van der Waals surface area (Å²) in [5.74, 6) is 0.979. The molecule has 4 aromatic rings. The Balaban J connectivity index is 1.48. The van der Waals surface area contributed by atoms with Crippen LogP contribution in [0.2, 0.25) is 0 Å². The quantitative estimate of drug-likeness (QED) is 0.454. The zero-order valence-electron chi connectivity index (χ0n) is 17.2. The van der Waals surface area contributed by atoms with E-state index in [1.807, 2.05) is 35.7 Å². The van der Waals surface area contributed by atoms with Crippen molar-refractivity contribution in [1.82, 2.24) is 14.8 Å². The van der Waals surface area contributed by atoms with Crippen LogP contribution in [0.4, 0.5) is 16.3 Å². The van der Waals surface area contributed by atoms with Gasteiger partial charge in [0.1, 0.15) is 11.6 Å². The van der Waals surface area contributed by atoms with E-state index in [0.717, 1.165) is 16.9 Å². The summed E-state index contributed by atoms with van der Waals surface area (Å²) in [6.45, 7) is 0. The van der Waals surface area contributed by atoms with E-state index in [-0.39, 0.29) is 29.8 Å². The molecule has 32 heavy (non-hydrogen) atoms. The zero-order chi connectivity index (χ0) is 22.1. The second-order valence-corrected chi connectivity index (χ2v) is 8.36. The van der Waals surface area contributed by atoms with Crippen LogP contribution >= 0.6 is 11.3 Å². The smallest absolute Gasteiger partial charge is 0.268 e. The highest BCUT2D eigenvalue weighted by Crippen LogP contribution is 2.38.